The highest BCUT2D eigenvalue weighted by Crippen LogP contribution is 2.33. The summed E-state index contributed by atoms with van der Waals surface area (Å²) < 4.78 is 5.55. The van der Waals surface area contributed by atoms with Gasteiger partial charge in [-0.2, -0.15) is 0 Å². The van der Waals surface area contributed by atoms with Gasteiger partial charge >= 0.3 is 6.09 Å². The third-order valence-corrected chi connectivity index (χ3v) is 3.66. The molecule has 1 aromatic carbocycles. The minimum Gasteiger partial charge on any atom is -0.443 e. The van der Waals surface area contributed by atoms with Crippen LogP contribution in [0.3, 0.4) is 0 Å². The topological polar surface area (TPSA) is 41.6 Å². The van der Waals surface area contributed by atoms with Gasteiger partial charge in [0.1, 0.15) is 5.60 Å². The second-order valence-electron chi connectivity index (χ2n) is 7.22. The van der Waals surface area contributed by atoms with Crippen molar-refractivity contribution < 1.29 is 9.53 Å². The Bertz CT molecular complexity index is 596. The predicted molar refractivity (Wildman–Crippen MR) is 94.9 cm³/mol. The van der Waals surface area contributed by atoms with Crippen LogP contribution in [-0.2, 0) is 17.7 Å². The average Bonchev–Trinajstić information content (AvgIpc) is 2.86. The van der Waals surface area contributed by atoms with E-state index in [-0.39, 0.29) is 6.09 Å². The number of amides is 1. The zero-order valence-corrected chi connectivity index (χ0v) is 14.9. The molecule has 0 aromatic heterocycles. The number of hydrogen-bond acceptors (Lipinski definition) is 3. The summed E-state index contributed by atoms with van der Waals surface area (Å²) in [7, 11) is 0. The summed E-state index contributed by atoms with van der Waals surface area (Å²) in [5.41, 5.74) is 4.21. The Morgan fingerprint density at radius 1 is 1.35 bits per heavy atom. The lowest BCUT2D eigenvalue weighted by atomic mass is 10.1. The molecule has 4 nitrogen and oxygen atoms in total. The summed E-state index contributed by atoms with van der Waals surface area (Å²) in [6.45, 7) is 12.1. The number of carbonyl (C=O) groups excluding carboxylic acids is 1. The first-order valence-electron chi connectivity index (χ1n) is 8.23. The van der Waals surface area contributed by atoms with Crippen LogP contribution in [0.25, 0.3) is 0 Å². The Balaban J connectivity index is 2.13. The molecular weight excluding hydrogens is 288 g/mol. The maximum atomic E-state index is 12.5. The first-order valence-corrected chi connectivity index (χ1v) is 8.23. The second kappa shape index (κ2) is 7.18. The Labute approximate surface area is 139 Å². The van der Waals surface area contributed by atoms with Crippen molar-refractivity contribution in [2.75, 3.05) is 18.0 Å². The van der Waals surface area contributed by atoms with Crippen LogP contribution in [0.4, 0.5) is 10.5 Å². The van der Waals surface area contributed by atoms with Crippen LogP contribution in [0.1, 0.15) is 45.7 Å². The van der Waals surface area contributed by atoms with Crippen LogP contribution in [0.5, 0.6) is 0 Å². The highest BCUT2D eigenvalue weighted by atomic mass is 16.6. The fourth-order valence-corrected chi connectivity index (χ4v) is 2.66. The maximum Gasteiger partial charge on any atom is 0.414 e. The van der Waals surface area contributed by atoms with Gasteiger partial charge in [-0.25, -0.2) is 4.79 Å². The summed E-state index contributed by atoms with van der Waals surface area (Å²) in [5, 5.41) is 3.42. The lowest BCUT2D eigenvalue weighted by Crippen LogP contribution is -2.36. The number of anilines is 1. The van der Waals surface area contributed by atoms with E-state index in [1.807, 2.05) is 20.8 Å². The summed E-state index contributed by atoms with van der Waals surface area (Å²) >= 11 is 0. The summed E-state index contributed by atoms with van der Waals surface area (Å²) in [6, 6.07) is 6.24. The van der Waals surface area contributed by atoms with E-state index in [0.29, 0.717) is 6.54 Å². The lowest BCUT2D eigenvalue weighted by molar-refractivity contribution is 0.0583. The number of fused-ring (bicyclic) bond motifs is 1. The van der Waals surface area contributed by atoms with Crippen LogP contribution in [0.15, 0.2) is 29.8 Å². The van der Waals surface area contributed by atoms with Crippen molar-refractivity contribution in [2.24, 2.45) is 0 Å². The van der Waals surface area contributed by atoms with E-state index in [4.69, 9.17) is 4.74 Å². The molecule has 23 heavy (non-hydrogen) atoms. The van der Waals surface area contributed by atoms with Gasteiger partial charge in [0, 0.05) is 19.6 Å². The number of allylic oxidation sites excluding steroid dienone is 1. The first kappa shape index (κ1) is 17.5. The second-order valence-corrected chi connectivity index (χ2v) is 7.22. The van der Waals surface area contributed by atoms with Gasteiger partial charge in [0.25, 0.3) is 0 Å². The van der Waals surface area contributed by atoms with E-state index < -0.39 is 5.60 Å². The minimum absolute atomic E-state index is 0.256. The average molecular weight is 316 g/mol. The standard InChI is InChI=1S/C19H28N2O2/c1-14(2)9-11-20-13-16-8-6-7-15-10-12-21(17(15)16)18(22)23-19(3,4)5/h6-9,20H,10-13H2,1-5H3. The highest BCUT2D eigenvalue weighted by Gasteiger charge is 2.30. The van der Waals surface area contributed by atoms with Crippen molar-refractivity contribution in [1.29, 1.82) is 0 Å². The molecule has 1 aromatic rings. The molecular formula is C19H28N2O2. The Kier molecular flexibility index (Phi) is 5.47. The van der Waals surface area contributed by atoms with E-state index in [9.17, 15) is 4.79 Å². The van der Waals surface area contributed by atoms with Gasteiger partial charge in [0.2, 0.25) is 0 Å². The molecule has 0 aliphatic carbocycles. The molecule has 0 unspecified atom stereocenters. The van der Waals surface area contributed by atoms with Gasteiger partial charge in [0.15, 0.2) is 0 Å². The predicted octanol–water partition coefficient (Wildman–Crippen LogP) is 4.04. The molecule has 0 spiro atoms. The van der Waals surface area contributed by atoms with Gasteiger partial charge in [-0.3, -0.25) is 4.90 Å². The lowest BCUT2D eigenvalue weighted by Gasteiger charge is -2.26. The Hall–Kier alpha value is -1.81. The molecule has 0 saturated carbocycles. The normalized spacial score (nSPS) is 13.7. The summed E-state index contributed by atoms with van der Waals surface area (Å²) in [5.74, 6) is 0. The molecule has 0 radical (unpaired) electrons. The van der Waals surface area contributed by atoms with Crippen molar-refractivity contribution in [1.82, 2.24) is 5.32 Å². The number of carbonyl (C=O) groups is 1. The van der Waals surface area contributed by atoms with Crippen LogP contribution in [0, 0.1) is 0 Å². The van der Waals surface area contributed by atoms with E-state index in [1.54, 1.807) is 4.90 Å². The number of rotatable bonds is 4. The third kappa shape index (κ3) is 4.83. The number of para-hydroxylation sites is 1. The van der Waals surface area contributed by atoms with Crippen molar-refractivity contribution in [2.45, 2.75) is 53.2 Å². The highest BCUT2D eigenvalue weighted by molar-refractivity contribution is 5.91. The number of nitrogens with one attached hydrogen (secondary N) is 1. The fourth-order valence-electron chi connectivity index (χ4n) is 2.66. The molecule has 0 bridgehead atoms. The largest absolute Gasteiger partial charge is 0.443 e. The summed E-state index contributed by atoms with van der Waals surface area (Å²) in [4.78, 5) is 14.2. The van der Waals surface area contributed by atoms with E-state index in [0.717, 1.165) is 30.8 Å². The van der Waals surface area contributed by atoms with Crippen LogP contribution in [-0.4, -0.2) is 24.8 Å². The molecule has 0 saturated heterocycles. The Morgan fingerprint density at radius 3 is 2.74 bits per heavy atom. The number of ether oxygens (including phenoxy) is 1. The molecule has 1 aliphatic rings. The smallest absolute Gasteiger partial charge is 0.414 e. The molecule has 1 amide bonds. The molecule has 126 valence electrons. The molecule has 1 N–H and O–H groups in total. The van der Waals surface area contributed by atoms with Crippen molar-refractivity contribution >= 4 is 11.8 Å². The van der Waals surface area contributed by atoms with Crippen molar-refractivity contribution in [3.05, 3.63) is 41.0 Å². The summed E-state index contributed by atoms with van der Waals surface area (Å²) in [6.07, 6.45) is 2.79. The molecule has 0 atom stereocenters. The van der Waals surface area contributed by atoms with Crippen LogP contribution < -0.4 is 10.2 Å². The third-order valence-electron chi connectivity index (χ3n) is 3.66. The van der Waals surface area contributed by atoms with E-state index in [1.165, 1.54) is 11.1 Å². The maximum absolute atomic E-state index is 12.5. The molecule has 4 heteroatoms. The van der Waals surface area contributed by atoms with E-state index in [2.05, 4.69) is 43.4 Å². The fraction of sp³-hybridized carbons (Fsp3) is 0.526. The molecule has 1 aliphatic heterocycles. The molecule has 2 rings (SSSR count). The molecule has 1 heterocycles. The van der Waals surface area contributed by atoms with E-state index >= 15 is 0 Å². The quantitative estimate of drug-likeness (QED) is 0.673. The van der Waals surface area contributed by atoms with Gasteiger partial charge in [0.05, 0.1) is 5.69 Å². The zero-order chi connectivity index (χ0) is 17.0. The zero-order valence-electron chi connectivity index (χ0n) is 14.9. The SMILES string of the molecule is CC(C)=CCNCc1cccc2c1N(C(=O)OC(C)(C)C)CC2. The van der Waals surface area contributed by atoms with Gasteiger partial charge in [-0.05, 0) is 52.2 Å². The van der Waals surface area contributed by atoms with Crippen LogP contribution >= 0.6 is 0 Å². The van der Waals surface area contributed by atoms with Gasteiger partial charge < -0.3 is 10.1 Å². The van der Waals surface area contributed by atoms with Gasteiger partial charge in [-0.15, -0.1) is 0 Å². The monoisotopic (exact) mass is 316 g/mol. The first-order chi connectivity index (χ1) is 10.8. The van der Waals surface area contributed by atoms with Gasteiger partial charge in [-0.1, -0.05) is 29.8 Å². The number of benzene rings is 1. The van der Waals surface area contributed by atoms with Crippen LogP contribution in [0.2, 0.25) is 0 Å². The number of nitrogens with zero attached hydrogens (tertiary/aromatic N) is 1. The molecule has 0 fully saturated rings. The number of hydrogen-bond donors (Lipinski definition) is 1. The minimum atomic E-state index is -0.476. The Morgan fingerprint density at radius 2 is 2.09 bits per heavy atom. The van der Waals surface area contributed by atoms with Crippen molar-refractivity contribution in [3.63, 3.8) is 0 Å². The van der Waals surface area contributed by atoms with Crippen molar-refractivity contribution in [3.8, 4) is 0 Å².